The summed E-state index contributed by atoms with van der Waals surface area (Å²) in [5.74, 6) is -0.00794. The van der Waals surface area contributed by atoms with Gasteiger partial charge in [0.15, 0.2) is 0 Å². The van der Waals surface area contributed by atoms with Crippen LogP contribution in [-0.4, -0.2) is 33.9 Å². The highest BCUT2D eigenvalue weighted by Gasteiger charge is 2.46. The van der Waals surface area contributed by atoms with Crippen LogP contribution in [0.15, 0.2) is 42.5 Å². The summed E-state index contributed by atoms with van der Waals surface area (Å²) in [5, 5.41) is 15.5. The van der Waals surface area contributed by atoms with E-state index in [4.69, 9.17) is 0 Å². The predicted molar refractivity (Wildman–Crippen MR) is 106 cm³/mol. The van der Waals surface area contributed by atoms with E-state index in [-0.39, 0.29) is 17.6 Å². The molecule has 1 aliphatic rings. The average molecular weight is 367 g/mol. The number of phenolic OH excluding ortho intramolecular Hbond substituents is 1. The predicted octanol–water partition coefficient (Wildman–Crippen LogP) is 3.26. The van der Waals surface area contributed by atoms with Crippen LogP contribution in [0.25, 0.3) is 0 Å². The summed E-state index contributed by atoms with van der Waals surface area (Å²) in [5.41, 5.74) is 2.62. The smallest absolute Gasteiger partial charge is 0.244 e. The molecule has 1 aliphatic heterocycles. The first-order valence-electron chi connectivity index (χ1n) is 9.00. The third-order valence-corrected chi connectivity index (χ3v) is 5.17. The Kier molecular flexibility index (Phi) is 5.19. The van der Waals surface area contributed by atoms with Crippen molar-refractivity contribution in [3.63, 3.8) is 0 Å². The highest BCUT2D eigenvalue weighted by molar-refractivity contribution is 5.98. The van der Waals surface area contributed by atoms with Crippen molar-refractivity contribution >= 4 is 23.2 Å². The molecule has 0 aliphatic carbocycles. The lowest BCUT2D eigenvalue weighted by molar-refractivity contribution is -0.136. The second-order valence-corrected chi connectivity index (χ2v) is 7.28. The van der Waals surface area contributed by atoms with Gasteiger partial charge in [-0.3, -0.25) is 14.5 Å². The summed E-state index contributed by atoms with van der Waals surface area (Å²) >= 11 is 0. The van der Waals surface area contributed by atoms with E-state index in [0.29, 0.717) is 12.2 Å². The van der Waals surface area contributed by atoms with Crippen molar-refractivity contribution < 1.29 is 14.7 Å². The first-order valence-corrected chi connectivity index (χ1v) is 9.00. The molecule has 1 fully saturated rings. The van der Waals surface area contributed by atoms with Gasteiger partial charge in [0.25, 0.3) is 0 Å². The molecule has 0 spiro atoms. The van der Waals surface area contributed by atoms with Gasteiger partial charge in [-0.1, -0.05) is 18.2 Å². The topological polar surface area (TPSA) is 81.7 Å². The number of likely N-dealkylation sites (tertiary alicyclic amines) is 1. The van der Waals surface area contributed by atoms with E-state index >= 15 is 0 Å². The third-order valence-electron chi connectivity index (χ3n) is 5.17. The van der Waals surface area contributed by atoms with Gasteiger partial charge in [0.2, 0.25) is 11.8 Å². The van der Waals surface area contributed by atoms with Crippen molar-refractivity contribution in [2.75, 3.05) is 17.2 Å². The van der Waals surface area contributed by atoms with Gasteiger partial charge >= 0.3 is 0 Å². The molecule has 2 amide bonds. The second-order valence-electron chi connectivity index (χ2n) is 7.28. The van der Waals surface area contributed by atoms with E-state index in [1.54, 1.807) is 18.2 Å². The first-order chi connectivity index (χ1) is 12.8. The maximum absolute atomic E-state index is 12.8. The molecule has 27 heavy (non-hydrogen) atoms. The number of aromatic hydroxyl groups is 1. The molecule has 1 atom stereocenters. The Balaban J connectivity index is 1.64. The third kappa shape index (κ3) is 4.11. The number of rotatable bonds is 5. The lowest BCUT2D eigenvalue weighted by atomic mass is 9.85. The maximum atomic E-state index is 12.8. The second kappa shape index (κ2) is 7.40. The molecular formula is C21H25N3O3. The quantitative estimate of drug-likeness (QED) is 0.758. The van der Waals surface area contributed by atoms with Crippen LogP contribution in [0.5, 0.6) is 5.75 Å². The van der Waals surface area contributed by atoms with Crippen molar-refractivity contribution in [3.05, 3.63) is 53.6 Å². The van der Waals surface area contributed by atoms with Gasteiger partial charge in [0.1, 0.15) is 5.75 Å². The Hall–Kier alpha value is -2.86. The number of hydrogen-bond acceptors (Lipinski definition) is 4. The van der Waals surface area contributed by atoms with Crippen LogP contribution in [0.2, 0.25) is 0 Å². The van der Waals surface area contributed by atoms with Gasteiger partial charge in [-0.2, -0.15) is 0 Å². The van der Waals surface area contributed by atoms with Crippen LogP contribution < -0.4 is 10.6 Å². The lowest BCUT2D eigenvalue weighted by Gasteiger charge is -2.49. The summed E-state index contributed by atoms with van der Waals surface area (Å²) in [6.45, 7) is 6.73. The minimum absolute atomic E-state index is 0.0770. The Morgan fingerprint density at radius 1 is 1.11 bits per heavy atom. The van der Waals surface area contributed by atoms with Crippen molar-refractivity contribution in [2.24, 2.45) is 0 Å². The van der Waals surface area contributed by atoms with Gasteiger partial charge in [-0.05, 0) is 49.6 Å². The molecule has 1 heterocycles. The number of benzene rings is 2. The Morgan fingerprint density at radius 3 is 2.33 bits per heavy atom. The first kappa shape index (κ1) is 18.9. The van der Waals surface area contributed by atoms with Crippen LogP contribution in [0, 0.1) is 6.92 Å². The van der Waals surface area contributed by atoms with Crippen molar-refractivity contribution in [2.45, 2.75) is 39.3 Å². The Morgan fingerprint density at radius 2 is 1.78 bits per heavy atom. The van der Waals surface area contributed by atoms with E-state index in [2.05, 4.69) is 15.5 Å². The number of carbonyl (C=O) groups is 2. The molecule has 6 nitrogen and oxygen atoms in total. The molecule has 0 aromatic heterocycles. The number of nitrogens with zero attached hydrogens (tertiary/aromatic N) is 1. The van der Waals surface area contributed by atoms with Crippen LogP contribution in [-0.2, 0) is 16.1 Å². The molecule has 2 aromatic rings. The maximum Gasteiger partial charge on any atom is 0.244 e. The van der Waals surface area contributed by atoms with Gasteiger partial charge < -0.3 is 15.7 Å². The monoisotopic (exact) mass is 367 g/mol. The SMILES string of the molecule is CC(=O)Nc1ccc(CN2CCC2(C)C(=O)Nc2ccc(C)c(O)c2)cc1. The zero-order chi connectivity index (χ0) is 19.6. The molecule has 1 saturated heterocycles. The Labute approximate surface area is 159 Å². The van der Waals surface area contributed by atoms with E-state index in [0.717, 1.165) is 29.8 Å². The van der Waals surface area contributed by atoms with E-state index < -0.39 is 5.54 Å². The van der Waals surface area contributed by atoms with E-state index in [1.807, 2.05) is 38.1 Å². The highest BCUT2D eigenvalue weighted by atomic mass is 16.3. The molecule has 3 N–H and O–H groups in total. The van der Waals surface area contributed by atoms with E-state index in [1.165, 1.54) is 6.92 Å². The summed E-state index contributed by atoms with van der Waals surface area (Å²) in [7, 11) is 0. The molecule has 6 heteroatoms. The number of amides is 2. The summed E-state index contributed by atoms with van der Waals surface area (Å²) in [6.07, 6.45) is 0.778. The molecule has 0 bridgehead atoms. The fourth-order valence-corrected chi connectivity index (χ4v) is 3.19. The molecule has 1 unspecified atom stereocenters. The molecule has 0 radical (unpaired) electrons. The zero-order valence-electron chi connectivity index (χ0n) is 15.9. The van der Waals surface area contributed by atoms with Gasteiger partial charge in [0, 0.05) is 37.5 Å². The minimum atomic E-state index is -0.586. The van der Waals surface area contributed by atoms with Crippen LogP contribution in [0.1, 0.15) is 31.4 Å². The van der Waals surface area contributed by atoms with Crippen LogP contribution in [0.3, 0.4) is 0 Å². The summed E-state index contributed by atoms with van der Waals surface area (Å²) < 4.78 is 0. The lowest BCUT2D eigenvalue weighted by Crippen LogP contribution is -2.63. The van der Waals surface area contributed by atoms with Gasteiger partial charge in [-0.15, -0.1) is 0 Å². The average Bonchev–Trinajstić information content (AvgIpc) is 2.62. The molecular weight excluding hydrogens is 342 g/mol. The van der Waals surface area contributed by atoms with Crippen molar-refractivity contribution in [3.8, 4) is 5.75 Å². The fraction of sp³-hybridized carbons (Fsp3) is 0.333. The summed E-state index contributed by atoms with van der Waals surface area (Å²) in [6, 6.07) is 12.8. The molecule has 0 saturated carbocycles. The largest absolute Gasteiger partial charge is 0.508 e. The Bertz CT molecular complexity index is 863. The fourth-order valence-electron chi connectivity index (χ4n) is 3.19. The molecule has 2 aromatic carbocycles. The summed E-state index contributed by atoms with van der Waals surface area (Å²) in [4.78, 5) is 26.0. The molecule has 142 valence electrons. The number of phenols is 1. The highest BCUT2D eigenvalue weighted by Crippen LogP contribution is 2.34. The van der Waals surface area contributed by atoms with E-state index in [9.17, 15) is 14.7 Å². The number of hydrogen-bond donors (Lipinski definition) is 3. The van der Waals surface area contributed by atoms with Gasteiger partial charge in [-0.25, -0.2) is 0 Å². The number of nitrogens with one attached hydrogen (secondary N) is 2. The zero-order valence-corrected chi connectivity index (χ0v) is 15.9. The van der Waals surface area contributed by atoms with Gasteiger partial charge in [0.05, 0.1) is 5.54 Å². The number of carbonyl (C=O) groups excluding carboxylic acids is 2. The minimum Gasteiger partial charge on any atom is -0.508 e. The van der Waals surface area contributed by atoms with Crippen molar-refractivity contribution in [1.29, 1.82) is 0 Å². The van der Waals surface area contributed by atoms with Crippen LogP contribution in [0.4, 0.5) is 11.4 Å². The standard InChI is InChI=1S/C21H25N3O3/c1-14-4-7-18(12-19(14)26)23-20(27)21(3)10-11-24(21)13-16-5-8-17(9-6-16)22-15(2)25/h4-9,12,26H,10-11,13H2,1-3H3,(H,22,25)(H,23,27). The normalized spacial score (nSPS) is 19.2. The van der Waals surface area contributed by atoms with Crippen molar-refractivity contribution in [1.82, 2.24) is 4.90 Å². The number of aryl methyl sites for hydroxylation is 1. The van der Waals surface area contributed by atoms with Crippen LogP contribution >= 0.6 is 0 Å². The molecule has 3 rings (SSSR count). The number of anilines is 2.